The minimum atomic E-state index is -0.316. The monoisotopic (exact) mass is 252 g/mol. The van der Waals surface area contributed by atoms with E-state index in [1.807, 2.05) is 18.6 Å². The zero-order chi connectivity index (χ0) is 11.5. The average molecular weight is 253 g/mol. The van der Waals surface area contributed by atoms with Crippen molar-refractivity contribution in [1.82, 2.24) is 4.57 Å². The van der Waals surface area contributed by atoms with E-state index in [0.29, 0.717) is 15.4 Å². The average Bonchev–Trinajstić information content (AvgIpc) is 2.65. The van der Waals surface area contributed by atoms with Crippen molar-refractivity contribution < 1.29 is 4.79 Å². The van der Waals surface area contributed by atoms with Gasteiger partial charge in [-0.05, 0) is 12.1 Å². The minimum Gasteiger partial charge on any atom is -0.327 e. The summed E-state index contributed by atoms with van der Waals surface area (Å²) in [6.45, 7) is 0. The lowest BCUT2D eigenvalue weighted by Gasteiger charge is -1.97. The maximum atomic E-state index is 11.8. The van der Waals surface area contributed by atoms with Crippen LogP contribution in [0.3, 0.4) is 0 Å². The van der Waals surface area contributed by atoms with Crippen LogP contribution in [0.4, 0.5) is 0 Å². The predicted octanol–water partition coefficient (Wildman–Crippen LogP) is 2.48. The van der Waals surface area contributed by atoms with Crippen LogP contribution in [-0.2, 0) is 7.05 Å². The van der Waals surface area contributed by atoms with Gasteiger partial charge in [-0.2, -0.15) is 4.99 Å². The normalized spacial score (nSPS) is 11.8. The fourth-order valence-electron chi connectivity index (χ4n) is 1.22. The molecule has 2 aromatic rings. The topological polar surface area (TPSA) is 34.4 Å². The van der Waals surface area contributed by atoms with Gasteiger partial charge in [0.1, 0.15) is 0 Å². The molecule has 0 aliphatic carbocycles. The van der Waals surface area contributed by atoms with Crippen molar-refractivity contribution >= 4 is 28.8 Å². The Morgan fingerprint density at radius 3 is 2.81 bits per heavy atom. The number of rotatable bonds is 1. The summed E-state index contributed by atoms with van der Waals surface area (Å²) in [5.41, 5.74) is 0.428. The van der Waals surface area contributed by atoms with E-state index in [4.69, 9.17) is 11.6 Å². The first-order valence-corrected chi connectivity index (χ1v) is 5.88. The molecule has 2 rings (SSSR count). The van der Waals surface area contributed by atoms with Gasteiger partial charge in [-0.15, -0.1) is 11.3 Å². The summed E-state index contributed by atoms with van der Waals surface area (Å²) < 4.78 is 1.79. The van der Waals surface area contributed by atoms with Gasteiger partial charge >= 0.3 is 0 Å². The standard InChI is InChI=1S/C11H9ClN2OS/c1-14-6-7-16-11(14)13-10(15)8-4-2-3-5-9(8)12/h2-7H,1H3. The summed E-state index contributed by atoms with van der Waals surface area (Å²) in [5, 5.41) is 2.30. The second-order valence-electron chi connectivity index (χ2n) is 3.19. The van der Waals surface area contributed by atoms with Gasteiger partial charge in [0.25, 0.3) is 5.91 Å². The van der Waals surface area contributed by atoms with Gasteiger partial charge in [-0.25, -0.2) is 0 Å². The first-order chi connectivity index (χ1) is 7.68. The summed E-state index contributed by atoms with van der Waals surface area (Å²) in [5.74, 6) is -0.316. The van der Waals surface area contributed by atoms with Crippen LogP contribution in [0.5, 0.6) is 0 Å². The van der Waals surface area contributed by atoms with E-state index in [-0.39, 0.29) is 5.91 Å². The molecule has 0 unspecified atom stereocenters. The SMILES string of the molecule is Cn1ccsc1=NC(=O)c1ccccc1Cl. The highest BCUT2D eigenvalue weighted by Gasteiger charge is 2.07. The van der Waals surface area contributed by atoms with Crippen molar-refractivity contribution in [3.8, 4) is 0 Å². The molecule has 0 aliphatic heterocycles. The molecule has 0 spiro atoms. The summed E-state index contributed by atoms with van der Waals surface area (Å²) in [6, 6.07) is 6.90. The number of benzene rings is 1. The second kappa shape index (κ2) is 4.63. The van der Waals surface area contributed by atoms with Crippen molar-refractivity contribution in [3.05, 3.63) is 51.2 Å². The van der Waals surface area contributed by atoms with Crippen molar-refractivity contribution in [2.24, 2.45) is 12.0 Å². The number of hydrogen-bond acceptors (Lipinski definition) is 2. The van der Waals surface area contributed by atoms with Gasteiger partial charge in [-0.1, -0.05) is 23.7 Å². The molecule has 0 radical (unpaired) electrons. The summed E-state index contributed by atoms with van der Waals surface area (Å²) in [7, 11) is 1.84. The van der Waals surface area contributed by atoms with Crippen LogP contribution in [0.2, 0.25) is 5.02 Å². The molecule has 0 N–H and O–H groups in total. The Morgan fingerprint density at radius 1 is 1.44 bits per heavy atom. The van der Waals surface area contributed by atoms with Gasteiger partial charge in [-0.3, -0.25) is 4.79 Å². The minimum absolute atomic E-state index is 0.316. The lowest BCUT2D eigenvalue weighted by molar-refractivity contribution is 0.0998. The highest BCUT2D eigenvalue weighted by Crippen LogP contribution is 2.15. The van der Waals surface area contributed by atoms with E-state index in [1.165, 1.54) is 11.3 Å². The fraction of sp³-hybridized carbons (Fsp3) is 0.0909. The summed E-state index contributed by atoms with van der Waals surface area (Å²) >= 11 is 7.33. The molecule has 0 saturated heterocycles. The number of amides is 1. The first kappa shape index (κ1) is 11.1. The quantitative estimate of drug-likeness (QED) is 0.768. The molecule has 16 heavy (non-hydrogen) atoms. The molecule has 0 bridgehead atoms. The van der Waals surface area contributed by atoms with E-state index in [0.717, 1.165) is 0 Å². The summed E-state index contributed by atoms with van der Waals surface area (Å²) in [4.78, 5) is 16.5. The number of halogens is 1. The molecule has 3 nitrogen and oxygen atoms in total. The Balaban J connectivity index is 2.43. The molecule has 0 atom stereocenters. The van der Waals surface area contributed by atoms with E-state index in [2.05, 4.69) is 4.99 Å². The molecule has 0 aliphatic rings. The number of aromatic nitrogens is 1. The molecule has 1 aromatic heterocycles. The highest BCUT2D eigenvalue weighted by molar-refractivity contribution is 7.07. The van der Waals surface area contributed by atoms with Crippen LogP contribution < -0.4 is 4.80 Å². The number of aryl methyl sites for hydroxylation is 1. The zero-order valence-corrected chi connectivity index (χ0v) is 10.1. The smallest absolute Gasteiger partial charge is 0.281 e. The molecule has 1 amide bonds. The molecule has 1 aromatic carbocycles. The number of nitrogens with zero attached hydrogens (tertiary/aromatic N) is 2. The maximum Gasteiger partial charge on any atom is 0.281 e. The van der Waals surface area contributed by atoms with E-state index < -0.39 is 0 Å². The molecule has 5 heteroatoms. The molecule has 1 heterocycles. The van der Waals surface area contributed by atoms with Crippen molar-refractivity contribution in [2.45, 2.75) is 0 Å². The Hall–Kier alpha value is -1.39. The predicted molar refractivity (Wildman–Crippen MR) is 64.6 cm³/mol. The van der Waals surface area contributed by atoms with Crippen LogP contribution in [0.15, 0.2) is 40.8 Å². The van der Waals surface area contributed by atoms with Gasteiger partial charge in [0.2, 0.25) is 0 Å². The van der Waals surface area contributed by atoms with Crippen LogP contribution in [0.25, 0.3) is 0 Å². The lowest BCUT2D eigenvalue weighted by Crippen LogP contribution is -2.12. The van der Waals surface area contributed by atoms with Crippen LogP contribution >= 0.6 is 22.9 Å². The Bertz CT molecular complexity index is 585. The third-order valence-electron chi connectivity index (χ3n) is 2.06. The number of thiazole rings is 1. The lowest BCUT2D eigenvalue weighted by atomic mass is 10.2. The van der Waals surface area contributed by atoms with Gasteiger partial charge in [0.05, 0.1) is 10.6 Å². The molecule has 0 saturated carbocycles. The summed E-state index contributed by atoms with van der Waals surface area (Å²) in [6.07, 6.45) is 1.85. The van der Waals surface area contributed by atoms with Crippen LogP contribution in [0.1, 0.15) is 10.4 Å². The molecule has 82 valence electrons. The number of hydrogen-bond donors (Lipinski definition) is 0. The third-order valence-corrected chi connectivity index (χ3v) is 3.24. The van der Waals surface area contributed by atoms with Gasteiger partial charge in [0.15, 0.2) is 4.80 Å². The van der Waals surface area contributed by atoms with E-state index >= 15 is 0 Å². The highest BCUT2D eigenvalue weighted by atomic mass is 35.5. The molecule has 0 fully saturated rings. The van der Waals surface area contributed by atoms with Crippen molar-refractivity contribution in [3.63, 3.8) is 0 Å². The van der Waals surface area contributed by atoms with Crippen molar-refractivity contribution in [2.75, 3.05) is 0 Å². The van der Waals surface area contributed by atoms with Crippen molar-refractivity contribution in [1.29, 1.82) is 0 Å². The van der Waals surface area contributed by atoms with E-state index in [1.54, 1.807) is 28.8 Å². The van der Waals surface area contributed by atoms with Crippen LogP contribution in [0, 0.1) is 0 Å². The van der Waals surface area contributed by atoms with E-state index in [9.17, 15) is 4.79 Å². The Morgan fingerprint density at radius 2 is 2.19 bits per heavy atom. The Kier molecular flexibility index (Phi) is 3.22. The van der Waals surface area contributed by atoms with Gasteiger partial charge in [0, 0.05) is 18.6 Å². The molecular formula is C11H9ClN2OS. The largest absolute Gasteiger partial charge is 0.327 e. The second-order valence-corrected chi connectivity index (χ2v) is 4.47. The first-order valence-electron chi connectivity index (χ1n) is 4.62. The molecular weight excluding hydrogens is 244 g/mol. The fourth-order valence-corrected chi connectivity index (χ4v) is 2.16. The van der Waals surface area contributed by atoms with Gasteiger partial charge < -0.3 is 4.57 Å². The third kappa shape index (κ3) is 2.23. The number of carbonyl (C=O) groups is 1. The Labute approximate surface area is 102 Å². The number of carbonyl (C=O) groups excluding carboxylic acids is 1. The maximum absolute atomic E-state index is 11.8. The van der Waals surface area contributed by atoms with Crippen LogP contribution in [-0.4, -0.2) is 10.5 Å². The zero-order valence-electron chi connectivity index (χ0n) is 8.55.